The third kappa shape index (κ3) is 2.90. The molecule has 1 aromatic heterocycles. The Morgan fingerprint density at radius 2 is 2.11 bits per heavy atom. The summed E-state index contributed by atoms with van der Waals surface area (Å²) in [5.41, 5.74) is 5.38. The van der Waals surface area contributed by atoms with Crippen molar-refractivity contribution >= 4 is 48.7 Å². The Hall–Kier alpha value is -1.12. The molecule has 0 amide bonds. The molecule has 4 nitrogen and oxygen atoms in total. The van der Waals surface area contributed by atoms with Crippen molar-refractivity contribution in [3.05, 3.63) is 38.7 Å². The monoisotopic (exact) mass is 364 g/mol. The lowest BCUT2D eigenvalue weighted by atomic mass is 10.3. The zero-order valence-corrected chi connectivity index (χ0v) is 13.0. The van der Waals surface area contributed by atoms with Crippen molar-refractivity contribution in [3.63, 3.8) is 0 Å². The van der Waals surface area contributed by atoms with Gasteiger partial charge in [-0.2, -0.15) is 0 Å². The Morgan fingerprint density at radius 3 is 2.63 bits per heavy atom. The smallest absolute Gasteiger partial charge is 0.263 e. The molecule has 0 unspecified atom stereocenters. The standard InChI is InChI=1S/C11H10BrFN2O2S2/c1-6-9(5-10(12)18-6)19(16,17)15-11-7(13)3-2-4-8(11)14/h2-5,15H,14H2,1H3. The molecule has 0 aliphatic heterocycles. The predicted octanol–water partition coefficient (Wildman–Crippen LogP) is 3.34. The first-order valence-corrected chi connectivity index (χ1v) is 8.23. The number of nitrogens with two attached hydrogens (primary N) is 1. The Kier molecular flexibility index (Phi) is 3.84. The molecule has 3 N–H and O–H groups in total. The number of hydrogen-bond donors (Lipinski definition) is 2. The normalized spacial score (nSPS) is 11.5. The molecule has 2 rings (SSSR count). The lowest BCUT2D eigenvalue weighted by molar-refractivity contribution is 0.598. The van der Waals surface area contributed by atoms with E-state index in [4.69, 9.17) is 5.73 Å². The van der Waals surface area contributed by atoms with E-state index in [9.17, 15) is 12.8 Å². The first-order chi connectivity index (χ1) is 8.81. The first kappa shape index (κ1) is 14.3. The number of thiophene rings is 1. The van der Waals surface area contributed by atoms with E-state index < -0.39 is 15.8 Å². The third-order valence-corrected chi connectivity index (χ3v) is 5.57. The van der Waals surface area contributed by atoms with E-state index >= 15 is 0 Å². The SMILES string of the molecule is Cc1sc(Br)cc1S(=O)(=O)Nc1c(N)cccc1F. The quantitative estimate of drug-likeness (QED) is 0.820. The summed E-state index contributed by atoms with van der Waals surface area (Å²) < 4.78 is 40.8. The minimum atomic E-state index is -3.86. The fraction of sp³-hybridized carbons (Fsp3) is 0.0909. The van der Waals surface area contributed by atoms with Crippen LogP contribution in [-0.4, -0.2) is 8.42 Å². The average molecular weight is 365 g/mol. The lowest BCUT2D eigenvalue weighted by Crippen LogP contribution is -2.15. The molecule has 0 saturated heterocycles. The van der Waals surface area contributed by atoms with Gasteiger partial charge in [0.1, 0.15) is 16.4 Å². The molecule has 1 aromatic carbocycles. The highest BCUT2D eigenvalue weighted by Gasteiger charge is 2.22. The number of hydrogen-bond acceptors (Lipinski definition) is 4. The van der Waals surface area contributed by atoms with E-state index in [2.05, 4.69) is 20.7 Å². The number of sulfonamides is 1. The van der Waals surface area contributed by atoms with E-state index in [1.54, 1.807) is 6.92 Å². The molecule has 0 spiro atoms. The Morgan fingerprint density at radius 1 is 1.42 bits per heavy atom. The highest BCUT2D eigenvalue weighted by Crippen LogP contribution is 2.32. The summed E-state index contributed by atoms with van der Waals surface area (Å²) in [4.78, 5) is 0.710. The van der Waals surface area contributed by atoms with Crippen LogP contribution in [0.2, 0.25) is 0 Å². The van der Waals surface area contributed by atoms with Gasteiger partial charge in [-0.3, -0.25) is 4.72 Å². The van der Waals surface area contributed by atoms with Crippen molar-refractivity contribution in [1.82, 2.24) is 0 Å². The van der Waals surface area contributed by atoms with E-state index in [0.717, 1.165) is 6.07 Å². The molecule has 0 bridgehead atoms. The van der Waals surface area contributed by atoms with Gasteiger partial charge in [-0.05, 0) is 41.1 Å². The summed E-state index contributed by atoms with van der Waals surface area (Å²) in [5.74, 6) is -0.712. The van der Waals surface area contributed by atoms with E-state index in [0.29, 0.717) is 8.66 Å². The summed E-state index contributed by atoms with van der Waals surface area (Å²) in [7, 11) is -3.86. The van der Waals surface area contributed by atoms with Crippen LogP contribution in [0.1, 0.15) is 4.88 Å². The number of halogens is 2. The van der Waals surface area contributed by atoms with Crippen molar-refractivity contribution in [2.45, 2.75) is 11.8 Å². The summed E-state index contributed by atoms with van der Waals surface area (Å²) in [6.07, 6.45) is 0. The molecule has 0 aliphatic carbocycles. The van der Waals surface area contributed by atoms with Gasteiger partial charge in [0.25, 0.3) is 10.0 Å². The van der Waals surface area contributed by atoms with Crippen LogP contribution in [0.5, 0.6) is 0 Å². The van der Waals surface area contributed by atoms with E-state index in [-0.39, 0.29) is 16.3 Å². The fourth-order valence-electron chi connectivity index (χ4n) is 1.54. The van der Waals surface area contributed by atoms with Crippen LogP contribution in [0.3, 0.4) is 0 Å². The van der Waals surface area contributed by atoms with Crippen LogP contribution in [-0.2, 0) is 10.0 Å². The topological polar surface area (TPSA) is 72.2 Å². The van der Waals surface area contributed by atoms with Crippen LogP contribution in [0.15, 0.2) is 32.9 Å². The van der Waals surface area contributed by atoms with E-state index in [1.165, 1.54) is 29.5 Å². The second kappa shape index (κ2) is 5.10. The minimum Gasteiger partial charge on any atom is -0.397 e. The number of nitrogen functional groups attached to an aromatic ring is 1. The summed E-state index contributed by atoms with van der Waals surface area (Å²) >= 11 is 4.50. The molecule has 8 heteroatoms. The predicted molar refractivity (Wildman–Crippen MR) is 78.4 cm³/mol. The van der Waals surface area contributed by atoms with Gasteiger partial charge in [-0.15, -0.1) is 11.3 Å². The van der Waals surface area contributed by atoms with Crippen LogP contribution >= 0.6 is 27.3 Å². The maximum absolute atomic E-state index is 13.6. The molecule has 0 atom stereocenters. The van der Waals surface area contributed by atoms with Crippen LogP contribution in [0, 0.1) is 12.7 Å². The number of anilines is 2. The molecular weight excluding hydrogens is 355 g/mol. The summed E-state index contributed by atoms with van der Waals surface area (Å²) in [5, 5.41) is 0. The third-order valence-electron chi connectivity index (χ3n) is 2.41. The van der Waals surface area contributed by atoms with Gasteiger partial charge in [0.15, 0.2) is 0 Å². The van der Waals surface area contributed by atoms with Gasteiger partial charge in [-0.25, -0.2) is 12.8 Å². The average Bonchev–Trinajstić information content (AvgIpc) is 2.64. The van der Waals surface area contributed by atoms with Crippen molar-refractivity contribution in [2.75, 3.05) is 10.5 Å². The van der Waals surface area contributed by atoms with Gasteiger partial charge in [0.2, 0.25) is 0 Å². The molecule has 0 radical (unpaired) electrons. The lowest BCUT2D eigenvalue weighted by Gasteiger charge is -2.10. The van der Waals surface area contributed by atoms with E-state index in [1.807, 2.05) is 0 Å². The highest BCUT2D eigenvalue weighted by atomic mass is 79.9. The van der Waals surface area contributed by atoms with Gasteiger partial charge < -0.3 is 5.73 Å². The zero-order valence-electron chi connectivity index (χ0n) is 9.78. The Balaban J connectivity index is 2.45. The minimum absolute atomic E-state index is 0.0375. The summed E-state index contributed by atoms with van der Waals surface area (Å²) in [6, 6.07) is 5.45. The fourth-order valence-corrected chi connectivity index (χ4v) is 5.05. The second-order valence-electron chi connectivity index (χ2n) is 3.78. The van der Waals surface area contributed by atoms with Gasteiger partial charge >= 0.3 is 0 Å². The van der Waals surface area contributed by atoms with Crippen LogP contribution in [0.4, 0.5) is 15.8 Å². The molecule has 0 saturated carbocycles. The highest BCUT2D eigenvalue weighted by molar-refractivity contribution is 9.11. The van der Waals surface area contributed by atoms with Gasteiger partial charge in [0.05, 0.1) is 9.47 Å². The summed E-state index contributed by atoms with van der Waals surface area (Å²) in [6.45, 7) is 1.68. The molecule has 2 aromatic rings. The number of rotatable bonds is 3. The molecule has 102 valence electrons. The van der Waals surface area contributed by atoms with Crippen molar-refractivity contribution in [1.29, 1.82) is 0 Å². The molecule has 0 fully saturated rings. The van der Waals surface area contributed by atoms with Gasteiger partial charge in [0, 0.05) is 4.88 Å². The molecule has 1 heterocycles. The Bertz CT molecular complexity index is 708. The Labute approximate surface area is 122 Å². The molecule has 0 aliphatic rings. The number of para-hydroxylation sites is 1. The van der Waals surface area contributed by atoms with Crippen LogP contribution in [0.25, 0.3) is 0 Å². The van der Waals surface area contributed by atoms with Crippen molar-refractivity contribution in [3.8, 4) is 0 Å². The second-order valence-corrected chi connectivity index (χ2v) is 8.07. The van der Waals surface area contributed by atoms with Crippen LogP contribution < -0.4 is 10.5 Å². The molecular formula is C11H10BrFN2O2S2. The number of benzene rings is 1. The number of nitrogens with one attached hydrogen (secondary N) is 1. The maximum Gasteiger partial charge on any atom is 0.263 e. The molecule has 19 heavy (non-hydrogen) atoms. The van der Waals surface area contributed by atoms with Crippen molar-refractivity contribution < 1.29 is 12.8 Å². The largest absolute Gasteiger partial charge is 0.397 e. The van der Waals surface area contributed by atoms with Crippen molar-refractivity contribution in [2.24, 2.45) is 0 Å². The van der Waals surface area contributed by atoms with Gasteiger partial charge in [-0.1, -0.05) is 6.07 Å². The maximum atomic E-state index is 13.6. The zero-order chi connectivity index (χ0) is 14.2. The number of aryl methyl sites for hydroxylation is 1. The first-order valence-electron chi connectivity index (χ1n) is 5.14.